The van der Waals surface area contributed by atoms with Crippen molar-refractivity contribution in [3.05, 3.63) is 10.6 Å². The number of carbonyl (C=O) groups is 1. The Kier molecular flexibility index (Phi) is 5.07. The van der Waals surface area contributed by atoms with E-state index in [1.807, 2.05) is 0 Å². The molecule has 23 heavy (non-hydrogen) atoms. The van der Waals surface area contributed by atoms with Gasteiger partial charge in [-0.05, 0) is 20.8 Å². The van der Waals surface area contributed by atoms with Crippen molar-refractivity contribution in [2.45, 2.75) is 45.4 Å². The Morgan fingerprint density at radius 2 is 1.91 bits per heavy atom. The number of thiazole rings is 1. The molecule has 0 radical (unpaired) electrons. The quantitative estimate of drug-likeness (QED) is 0.818. The molecule has 0 aromatic carbocycles. The minimum absolute atomic E-state index is 0.0260. The molecular formula is C14H19F3N2O3S. The maximum Gasteiger partial charge on any atom is 0.422 e. The van der Waals surface area contributed by atoms with Gasteiger partial charge in [-0.3, -0.25) is 0 Å². The molecule has 1 aliphatic heterocycles. The van der Waals surface area contributed by atoms with Crippen LogP contribution in [0.1, 0.15) is 31.3 Å². The third kappa shape index (κ3) is 5.56. The van der Waals surface area contributed by atoms with E-state index < -0.39 is 18.4 Å². The van der Waals surface area contributed by atoms with Crippen molar-refractivity contribution >= 4 is 17.4 Å². The zero-order valence-corrected chi connectivity index (χ0v) is 14.0. The van der Waals surface area contributed by atoms with Gasteiger partial charge >= 0.3 is 12.3 Å². The number of hydrogen-bond donors (Lipinski definition) is 0. The van der Waals surface area contributed by atoms with Gasteiger partial charge < -0.3 is 14.4 Å². The van der Waals surface area contributed by atoms with Gasteiger partial charge in [0, 0.05) is 30.8 Å². The highest BCUT2D eigenvalue weighted by Gasteiger charge is 2.30. The zero-order valence-electron chi connectivity index (χ0n) is 13.2. The van der Waals surface area contributed by atoms with Crippen molar-refractivity contribution in [2.75, 3.05) is 19.7 Å². The molecule has 0 spiro atoms. The molecular weight excluding hydrogens is 333 g/mol. The predicted octanol–water partition coefficient (Wildman–Crippen LogP) is 3.42. The average molecular weight is 352 g/mol. The van der Waals surface area contributed by atoms with E-state index in [1.54, 1.807) is 25.7 Å². The van der Waals surface area contributed by atoms with Gasteiger partial charge in [-0.2, -0.15) is 13.2 Å². The van der Waals surface area contributed by atoms with E-state index in [1.165, 1.54) is 0 Å². The summed E-state index contributed by atoms with van der Waals surface area (Å²) >= 11 is 1.10. The summed E-state index contributed by atoms with van der Waals surface area (Å²) in [6.07, 6.45) is -3.76. The smallest absolute Gasteiger partial charge is 0.422 e. The van der Waals surface area contributed by atoms with Gasteiger partial charge in [0.25, 0.3) is 5.19 Å². The summed E-state index contributed by atoms with van der Waals surface area (Å²) < 4.78 is 46.5. The number of amides is 1. The molecule has 130 valence electrons. The second-order valence-electron chi connectivity index (χ2n) is 6.22. The molecule has 1 amide bonds. The number of hydrogen-bond acceptors (Lipinski definition) is 5. The van der Waals surface area contributed by atoms with Gasteiger partial charge in [-0.15, -0.1) is 0 Å². The summed E-state index contributed by atoms with van der Waals surface area (Å²) in [5, 5.41) is 0.0260. The highest BCUT2D eigenvalue weighted by molar-refractivity contribution is 7.13. The highest BCUT2D eigenvalue weighted by Crippen LogP contribution is 2.29. The Morgan fingerprint density at radius 1 is 1.26 bits per heavy atom. The maximum absolute atomic E-state index is 12.2. The number of fused-ring (bicyclic) bond motifs is 1. The Bertz CT molecular complexity index is 541. The minimum atomic E-state index is -4.38. The van der Waals surface area contributed by atoms with Gasteiger partial charge in [0.2, 0.25) is 0 Å². The van der Waals surface area contributed by atoms with E-state index in [2.05, 4.69) is 9.72 Å². The van der Waals surface area contributed by atoms with Crippen LogP contribution in [0.2, 0.25) is 0 Å². The van der Waals surface area contributed by atoms with Gasteiger partial charge in [-0.25, -0.2) is 9.78 Å². The van der Waals surface area contributed by atoms with Crippen molar-refractivity contribution in [3.8, 4) is 5.19 Å². The van der Waals surface area contributed by atoms with Crippen LogP contribution in [0.3, 0.4) is 0 Å². The van der Waals surface area contributed by atoms with Crippen molar-refractivity contribution in [2.24, 2.45) is 0 Å². The van der Waals surface area contributed by atoms with Crippen LogP contribution in [0.5, 0.6) is 5.19 Å². The van der Waals surface area contributed by atoms with Crippen molar-refractivity contribution in [3.63, 3.8) is 0 Å². The van der Waals surface area contributed by atoms with E-state index in [0.29, 0.717) is 31.6 Å². The normalized spacial score (nSPS) is 15.8. The first-order chi connectivity index (χ1) is 10.5. The zero-order chi connectivity index (χ0) is 17.3. The van der Waals surface area contributed by atoms with Crippen LogP contribution < -0.4 is 4.74 Å². The van der Waals surface area contributed by atoms with E-state index in [9.17, 15) is 18.0 Å². The van der Waals surface area contributed by atoms with Crippen LogP contribution in [0.25, 0.3) is 0 Å². The number of nitrogens with zero attached hydrogens (tertiary/aromatic N) is 2. The SMILES string of the molecule is CC(C)(C)OC(=O)N1CCc2nc(OCC(F)(F)F)sc2CC1. The summed E-state index contributed by atoms with van der Waals surface area (Å²) in [5.74, 6) is 0. The number of rotatable bonds is 2. The molecule has 0 N–H and O–H groups in total. The average Bonchev–Trinajstić information content (AvgIpc) is 2.66. The van der Waals surface area contributed by atoms with Crippen molar-refractivity contribution in [1.29, 1.82) is 0 Å². The molecule has 5 nitrogen and oxygen atoms in total. The summed E-state index contributed by atoms with van der Waals surface area (Å²) in [6.45, 7) is 4.92. The monoisotopic (exact) mass is 352 g/mol. The first-order valence-electron chi connectivity index (χ1n) is 7.19. The van der Waals surface area contributed by atoms with Crippen LogP contribution >= 0.6 is 11.3 Å². The first kappa shape index (κ1) is 17.8. The Morgan fingerprint density at radius 3 is 2.52 bits per heavy atom. The predicted molar refractivity (Wildman–Crippen MR) is 78.9 cm³/mol. The molecule has 0 bridgehead atoms. The molecule has 0 unspecified atom stereocenters. The number of aromatic nitrogens is 1. The van der Waals surface area contributed by atoms with Gasteiger partial charge in [-0.1, -0.05) is 11.3 Å². The molecule has 0 aliphatic carbocycles. The van der Waals surface area contributed by atoms with E-state index in [0.717, 1.165) is 16.2 Å². The van der Waals surface area contributed by atoms with Gasteiger partial charge in [0.05, 0.1) is 5.69 Å². The van der Waals surface area contributed by atoms with E-state index >= 15 is 0 Å². The lowest BCUT2D eigenvalue weighted by Crippen LogP contribution is -2.38. The summed E-state index contributed by atoms with van der Waals surface area (Å²) in [7, 11) is 0. The lowest BCUT2D eigenvalue weighted by Gasteiger charge is -2.26. The molecule has 2 heterocycles. The molecule has 2 rings (SSSR count). The summed E-state index contributed by atoms with van der Waals surface area (Å²) in [4.78, 5) is 18.6. The molecule has 1 aromatic rings. The van der Waals surface area contributed by atoms with Crippen molar-refractivity contribution < 1.29 is 27.4 Å². The van der Waals surface area contributed by atoms with Crippen molar-refractivity contribution in [1.82, 2.24) is 9.88 Å². The molecule has 0 atom stereocenters. The fourth-order valence-electron chi connectivity index (χ4n) is 2.05. The number of ether oxygens (including phenoxy) is 2. The maximum atomic E-state index is 12.2. The Labute approximate surface area is 136 Å². The molecule has 0 fully saturated rings. The van der Waals surface area contributed by atoms with Crippen LogP contribution in [-0.2, 0) is 17.6 Å². The number of alkyl halides is 3. The Hall–Kier alpha value is -1.51. The third-order valence-electron chi connectivity index (χ3n) is 3.00. The summed E-state index contributed by atoms with van der Waals surface area (Å²) in [5.41, 5.74) is 0.128. The standard InChI is InChI=1S/C14H19F3N2O3S/c1-13(2,3)22-12(20)19-6-4-9-10(5-7-19)23-11(18-9)21-8-14(15,16)17/h4-8H2,1-3H3. The summed E-state index contributed by atoms with van der Waals surface area (Å²) in [6, 6.07) is 0. The van der Waals surface area contributed by atoms with E-state index in [4.69, 9.17) is 4.74 Å². The lowest BCUT2D eigenvalue weighted by atomic mass is 10.2. The number of halogens is 3. The fourth-order valence-corrected chi connectivity index (χ4v) is 3.00. The molecule has 1 aliphatic rings. The van der Waals surface area contributed by atoms with Gasteiger partial charge in [0.1, 0.15) is 5.60 Å². The van der Waals surface area contributed by atoms with Crippen LogP contribution in [0, 0.1) is 0 Å². The van der Waals surface area contributed by atoms with Gasteiger partial charge in [0.15, 0.2) is 6.61 Å². The second-order valence-corrected chi connectivity index (χ2v) is 7.27. The molecule has 0 saturated carbocycles. The highest BCUT2D eigenvalue weighted by atomic mass is 32.1. The van der Waals surface area contributed by atoms with Crippen LogP contribution in [0.4, 0.5) is 18.0 Å². The molecule has 0 saturated heterocycles. The first-order valence-corrected chi connectivity index (χ1v) is 8.01. The largest absolute Gasteiger partial charge is 0.460 e. The number of carbonyl (C=O) groups excluding carboxylic acids is 1. The lowest BCUT2D eigenvalue weighted by molar-refractivity contribution is -0.153. The molecule has 9 heteroatoms. The van der Waals surface area contributed by atoms with Crippen LogP contribution in [0.15, 0.2) is 0 Å². The van der Waals surface area contributed by atoms with Crippen LogP contribution in [-0.4, -0.2) is 47.5 Å². The third-order valence-corrected chi connectivity index (χ3v) is 4.07. The minimum Gasteiger partial charge on any atom is -0.460 e. The Balaban J connectivity index is 1.95. The van der Waals surface area contributed by atoms with E-state index in [-0.39, 0.29) is 11.3 Å². The fraction of sp³-hybridized carbons (Fsp3) is 0.714. The second kappa shape index (κ2) is 6.54. The topological polar surface area (TPSA) is 51.7 Å². The molecule has 1 aromatic heterocycles.